The third-order valence-corrected chi connectivity index (χ3v) is 5.02. The summed E-state index contributed by atoms with van der Waals surface area (Å²) < 4.78 is 0.783. The van der Waals surface area contributed by atoms with Crippen molar-refractivity contribution in [2.75, 3.05) is 20.1 Å². The zero-order chi connectivity index (χ0) is 14.5. The molecule has 1 unspecified atom stereocenters. The van der Waals surface area contributed by atoms with Crippen LogP contribution in [-0.2, 0) is 11.3 Å². The maximum Gasteiger partial charge on any atom is 0.239 e. The van der Waals surface area contributed by atoms with Crippen LogP contribution in [0.5, 0.6) is 0 Å². The van der Waals surface area contributed by atoms with Gasteiger partial charge in [0.05, 0.1) is 16.9 Å². The van der Waals surface area contributed by atoms with Crippen LogP contribution in [0, 0.1) is 0 Å². The van der Waals surface area contributed by atoms with Crippen LogP contribution in [0.4, 0.5) is 0 Å². The van der Waals surface area contributed by atoms with E-state index in [4.69, 9.17) is 11.6 Å². The molecule has 112 valence electrons. The van der Waals surface area contributed by atoms with E-state index in [1.165, 1.54) is 6.42 Å². The summed E-state index contributed by atoms with van der Waals surface area (Å²) in [6, 6.07) is 3.97. The van der Waals surface area contributed by atoms with Gasteiger partial charge in [-0.1, -0.05) is 24.9 Å². The number of piperidine rings is 1. The molecular formula is C15H23ClN2OS. The van der Waals surface area contributed by atoms with E-state index in [2.05, 4.69) is 11.8 Å². The number of nitrogens with zero attached hydrogens (tertiary/aromatic N) is 2. The van der Waals surface area contributed by atoms with Crippen LogP contribution in [0.2, 0.25) is 4.34 Å². The van der Waals surface area contributed by atoms with Gasteiger partial charge in [-0.25, -0.2) is 0 Å². The predicted octanol–water partition coefficient (Wildman–Crippen LogP) is 3.62. The first-order valence-electron chi connectivity index (χ1n) is 7.35. The second-order valence-electron chi connectivity index (χ2n) is 5.45. The number of rotatable bonds is 5. The van der Waals surface area contributed by atoms with E-state index in [1.54, 1.807) is 11.3 Å². The quantitative estimate of drug-likeness (QED) is 0.828. The van der Waals surface area contributed by atoms with Crippen LogP contribution < -0.4 is 0 Å². The molecule has 0 spiro atoms. The molecule has 2 rings (SSSR count). The lowest BCUT2D eigenvalue weighted by Gasteiger charge is -2.36. The lowest BCUT2D eigenvalue weighted by Crippen LogP contribution is -2.49. The Morgan fingerprint density at radius 1 is 1.50 bits per heavy atom. The molecule has 1 aromatic rings. The van der Waals surface area contributed by atoms with Crippen LogP contribution in [0.15, 0.2) is 12.1 Å². The number of thiophene rings is 1. The number of amides is 1. The summed E-state index contributed by atoms with van der Waals surface area (Å²) >= 11 is 7.49. The first-order valence-corrected chi connectivity index (χ1v) is 8.54. The molecule has 1 aliphatic rings. The smallest absolute Gasteiger partial charge is 0.239 e. The molecule has 1 aliphatic heterocycles. The van der Waals surface area contributed by atoms with Crippen molar-refractivity contribution in [1.82, 2.24) is 9.80 Å². The molecule has 20 heavy (non-hydrogen) atoms. The van der Waals surface area contributed by atoms with E-state index in [0.717, 1.165) is 41.6 Å². The Bertz CT molecular complexity index is 447. The van der Waals surface area contributed by atoms with Crippen molar-refractivity contribution in [3.63, 3.8) is 0 Å². The molecule has 0 radical (unpaired) electrons. The summed E-state index contributed by atoms with van der Waals surface area (Å²) in [5.41, 5.74) is 0. The Morgan fingerprint density at radius 3 is 2.95 bits per heavy atom. The van der Waals surface area contributed by atoms with E-state index in [9.17, 15) is 4.79 Å². The van der Waals surface area contributed by atoms with Gasteiger partial charge >= 0.3 is 0 Å². The SMILES string of the molecule is CCCN1CCCCC1C(=O)N(C)Cc1ccc(Cl)s1. The summed E-state index contributed by atoms with van der Waals surface area (Å²) in [5.74, 6) is 0.252. The Morgan fingerprint density at radius 2 is 2.30 bits per heavy atom. The first-order chi connectivity index (χ1) is 9.61. The van der Waals surface area contributed by atoms with Gasteiger partial charge in [-0.3, -0.25) is 9.69 Å². The molecule has 0 aromatic carbocycles. The van der Waals surface area contributed by atoms with Gasteiger partial charge in [0, 0.05) is 11.9 Å². The summed E-state index contributed by atoms with van der Waals surface area (Å²) in [6.45, 7) is 4.91. The topological polar surface area (TPSA) is 23.6 Å². The first kappa shape index (κ1) is 15.8. The fraction of sp³-hybridized carbons (Fsp3) is 0.667. The van der Waals surface area contributed by atoms with Gasteiger partial charge in [-0.2, -0.15) is 0 Å². The van der Waals surface area contributed by atoms with Crippen molar-refractivity contribution >= 4 is 28.8 Å². The van der Waals surface area contributed by atoms with Crippen LogP contribution in [0.25, 0.3) is 0 Å². The molecule has 2 heterocycles. The molecule has 0 bridgehead atoms. The summed E-state index contributed by atoms with van der Waals surface area (Å²) in [6.07, 6.45) is 4.48. The number of hydrogen-bond acceptors (Lipinski definition) is 3. The minimum Gasteiger partial charge on any atom is -0.339 e. The minimum absolute atomic E-state index is 0.0733. The summed E-state index contributed by atoms with van der Waals surface area (Å²) in [4.78, 5) is 18.0. The van der Waals surface area contributed by atoms with E-state index >= 15 is 0 Å². The molecule has 0 aliphatic carbocycles. The van der Waals surface area contributed by atoms with Gasteiger partial charge in [0.2, 0.25) is 5.91 Å². The minimum atomic E-state index is 0.0733. The Hall–Kier alpha value is -0.580. The van der Waals surface area contributed by atoms with Crippen LogP contribution in [0.1, 0.15) is 37.5 Å². The van der Waals surface area contributed by atoms with Crippen molar-refractivity contribution < 1.29 is 4.79 Å². The number of carbonyl (C=O) groups excluding carboxylic acids is 1. The average molecular weight is 315 g/mol. The lowest BCUT2D eigenvalue weighted by molar-refractivity contribution is -0.137. The zero-order valence-electron chi connectivity index (χ0n) is 12.3. The molecule has 1 fully saturated rings. The van der Waals surface area contributed by atoms with Crippen molar-refractivity contribution in [1.29, 1.82) is 0 Å². The van der Waals surface area contributed by atoms with Crippen molar-refractivity contribution in [2.45, 2.75) is 45.2 Å². The molecule has 0 saturated carbocycles. The molecule has 1 atom stereocenters. The fourth-order valence-corrected chi connectivity index (χ4v) is 3.97. The standard InChI is InChI=1S/C15H23ClN2OS/c1-3-9-18-10-5-4-6-13(18)15(19)17(2)11-12-7-8-14(16)20-12/h7-8,13H,3-6,9-11H2,1-2H3. The van der Waals surface area contributed by atoms with Crippen LogP contribution >= 0.6 is 22.9 Å². The third kappa shape index (κ3) is 3.96. The second-order valence-corrected chi connectivity index (χ2v) is 7.25. The molecule has 1 aromatic heterocycles. The normalized spacial score (nSPS) is 20.1. The Balaban J connectivity index is 1.97. The third-order valence-electron chi connectivity index (χ3n) is 3.81. The molecular weight excluding hydrogens is 292 g/mol. The number of likely N-dealkylation sites (tertiary alicyclic amines) is 1. The molecule has 5 heteroatoms. The van der Waals surface area contributed by atoms with E-state index < -0.39 is 0 Å². The maximum atomic E-state index is 12.7. The highest BCUT2D eigenvalue weighted by molar-refractivity contribution is 7.16. The second kappa shape index (κ2) is 7.43. The highest BCUT2D eigenvalue weighted by Gasteiger charge is 2.30. The van der Waals surface area contributed by atoms with Gasteiger partial charge in [0.15, 0.2) is 0 Å². The van der Waals surface area contributed by atoms with Gasteiger partial charge in [0.25, 0.3) is 0 Å². The number of likely N-dealkylation sites (N-methyl/N-ethyl adjacent to an activating group) is 1. The summed E-state index contributed by atoms with van der Waals surface area (Å²) in [7, 11) is 1.90. The maximum absolute atomic E-state index is 12.7. The van der Waals surface area contributed by atoms with Gasteiger partial charge in [-0.15, -0.1) is 11.3 Å². The highest BCUT2D eigenvalue weighted by Crippen LogP contribution is 2.24. The number of hydrogen-bond donors (Lipinski definition) is 0. The number of carbonyl (C=O) groups is 1. The van der Waals surface area contributed by atoms with Gasteiger partial charge in [0.1, 0.15) is 0 Å². The molecule has 0 N–H and O–H groups in total. The summed E-state index contributed by atoms with van der Waals surface area (Å²) in [5, 5.41) is 0. The largest absolute Gasteiger partial charge is 0.339 e. The monoisotopic (exact) mass is 314 g/mol. The number of halogens is 1. The van der Waals surface area contributed by atoms with Gasteiger partial charge < -0.3 is 4.90 Å². The van der Waals surface area contributed by atoms with Crippen LogP contribution in [-0.4, -0.2) is 41.9 Å². The highest BCUT2D eigenvalue weighted by atomic mass is 35.5. The van der Waals surface area contributed by atoms with Gasteiger partial charge in [-0.05, 0) is 44.5 Å². The van der Waals surface area contributed by atoms with Crippen molar-refractivity contribution in [3.8, 4) is 0 Å². The molecule has 1 saturated heterocycles. The van der Waals surface area contributed by atoms with Crippen molar-refractivity contribution in [3.05, 3.63) is 21.3 Å². The Kier molecular flexibility index (Phi) is 5.87. The molecule has 3 nitrogen and oxygen atoms in total. The van der Waals surface area contributed by atoms with Crippen LogP contribution in [0.3, 0.4) is 0 Å². The zero-order valence-corrected chi connectivity index (χ0v) is 13.8. The Labute approximate surface area is 130 Å². The predicted molar refractivity (Wildman–Crippen MR) is 85.3 cm³/mol. The van der Waals surface area contributed by atoms with E-state index in [0.29, 0.717) is 6.54 Å². The average Bonchev–Trinajstić information content (AvgIpc) is 2.84. The lowest BCUT2D eigenvalue weighted by atomic mass is 10.0. The van der Waals surface area contributed by atoms with E-state index in [1.807, 2.05) is 24.1 Å². The molecule has 1 amide bonds. The fourth-order valence-electron chi connectivity index (χ4n) is 2.83. The van der Waals surface area contributed by atoms with Crippen molar-refractivity contribution in [2.24, 2.45) is 0 Å². The van der Waals surface area contributed by atoms with E-state index in [-0.39, 0.29) is 11.9 Å².